The number of carbonyl (C=O) groups excluding carboxylic acids is 1. The number of hydrogen-bond acceptors (Lipinski definition) is 9. The van der Waals surface area contributed by atoms with Gasteiger partial charge in [-0.2, -0.15) is 10.2 Å². The quantitative estimate of drug-likeness (QED) is 0.162. The zero-order chi connectivity index (χ0) is 39.2. The van der Waals surface area contributed by atoms with Gasteiger partial charge in [0.15, 0.2) is 0 Å². The van der Waals surface area contributed by atoms with Crippen LogP contribution in [-0.2, 0) is 63.6 Å². The number of aryl methyl sites for hydroxylation is 4. The number of esters is 1. The average molecular weight is 802 g/mol. The van der Waals surface area contributed by atoms with E-state index in [9.17, 15) is 4.79 Å². The number of ether oxygens (including phenoxy) is 3. The third-order valence-electron chi connectivity index (χ3n) is 11.2. The van der Waals surface area contributed by atoms with Crippen molar-refractivity contribution in [1.29, 1.82) is 0 Å². The molecule has 11 nitrogen and oxygen atoms in total. The van der Waals surface area contributed by atoms with Crippen molar-refractivity contribution in [3.63, 3.8) is 0 Å². The van der Waals surface area contributed by atoms with Crippen LogP contribution in [0.3, 0.4) is 0 Å². The Balaban J connectivity index is 1.21. The molecule has 0 amide bonds. The van der Waals surface area contributed by atoms with Crippen LogP contribution in [0.4, 0.5) is 0 Å². The minimum Gasteiger partial charge on any atom is -0.497 e. The number of aromatic nitrogens is 6. The van der Waals surface area contributed by atoms with Gasteiger partial charge < -0.3 is 18.8 Å². The fourth-order valence-electron chi connectivity index (χ4n) is 8.53. The van der Waals surface area contributed by atoms with Crippen LogP contribution < -0.4 is 9.47 Å². The average Bonchev–Trinajstić information content (AvgIpc) is 3.97. The second-order valence-electron chi connectivity index (χ2n) is 14.8. The van der Waals surface area contributed by atoms with Crippen molar-refractivity contribution in [2.24, 2.45) is 14.1 Å². The van der Waals surface area contributed by atoms with Gasteiger partial charge in [0.05, 0.1) is 42.8 Å². The first-order valence-electron chi connectivity index (χ1n) is 19.3. The first kappa shape index (κ1) is 37.3. The lowest BCUT2D eigenvalue weighted by Crippen LogP contribution is -2.23. The first-order chi connectivity index (χ1) is 27.8. The van der Waals surface area contributed by atoms with Gasteiger partial charge in [0.2, 0.25) is 0 Å². The van der Waals surface area contributed by atoms with Crippen molar-refractivity contribution >= 4 is 51.1 Å². The van der Waals surface area contributed by atoms with Gasteiger partial charge in [-0.3, -0.25) is 19.2 Å². The van der Waals surface area contributed by atoms with Gasteiger partial charge in [-0.25, -0.2) is 4.79 Å². The molecule has 57 heavy (non-hydrogen) atoms. The summed E-state index contributed by atoms with van der Waals surface area (Å²) in [5.41, 5.74) is 10.4. The fraction of sp³-hybridized carbons (Fsp3) is 0.318. The summed E-state index contributed by atoms with van der Waals surface area (Å²) < 4.78 is 23.5. The maximum absolute atomic E-state index is 13.6. The maximum atomic E-state index is 13.6. The topological polar surface area (TPSA) is 101 Å². The lowest BCUT2D eigenvalue weighted by Gasteiger charge is -2.22. The molecule has 292 valence electrons. The molecule has 0 saturated heterocycles. The highest BCUT2D eigenvalue weighted by Crippen LogP contribution is 2.44. The molecule has 0 unspecified atom stereocenters. The highest BCUT2D eigenvalue weighted by Gasteiger charge is 2.31. The Bertz CT molecular complexity index is 2650. The summed E-state index contributed by atoms with van der Waals surface area (Å²) in [6.45, 7) is 3.10. The second kappa shape index (κ2) is 15.6. The van der Waals surface area contributed by atoms with Gasteiger partial charge >= 0.3 is 5.97 Å². The Labute approximate surface area is 340 Å². The van der Waals surface area contributed by atoms with Gasteiger partial charge in [-0.05, 0) is 79.3 Å². The SMILES string of the molecule is COC(=O)c1c2c3ccc(Cl)c(c3n1C)-c1c(nn3c1CCC3)CN(Cc1ccc(OC)cc1)Cc1cc(n(C)n1)CSc1cc(c3ncccc3c1)OCCC2. The fourth-order valence-corrected chi connectivity index (χ4v) is 9.76. The molecule has 2 aliphatic heterocycles. The Morgan fingerprint density at radius 3 is 2.65 bits per heavy atom. The van der Waals surface area contributed by atoms with Crippen LogP contribution in [0.2, 0.25) is 5.02 Å². The molecule has 13 heteroatoms. The normalized spacial score (nSPS) is 15.0. The van der Waals surface area contributed by atoms with Gasteiger partial charge in [-0.1, -0.05) is 35.9 Å². The van der Waals surface area contributed by atoms with Crippen LogP contribution in [0.5, 0.6) is 11.5 Å². The van der Waals surface area contributed by atoms with Gasteiger partial charge in [0.25, 0.3) is 0 Å². The zero-order valence-electron chi connectivity index (χ0n) is 32.5. The molecule has 0 radical (unpaired) electrons. The van der Waals surface area contributed by atoms with Crippen molar-refractivity contribution in [3.05, 3.63) is 118 Å². The summed E-state index contributed by atoms with van der Waals surface area (Å²) in [6, 6.07) is 22.7. The third-order valence-corrected chi connectivity index (χ3v) is 12.5. The molecule has 6 heterocycles. The number of nitrogens with zero attached hydrogens (tertiary/aromatic N) is 7. The molecule has 0 N–H and O–H groups in total. The van der Waals surface area contributed by atoms with Crippen LogP contribution in [0.15, 0.2) is 77.8 Å². The molecule has 3 aromatic carbocycles. The molecule has 2 aliphatic rings. The minimum absolute atomic E-state index is 0.387. The molecule has 0 atom stereocenters. The molecule has 8 bridgehead atoms. The highest BCUT2D eigenvalue weighted by atomic mass is 35.5. The maximum Gasteiger partial charge on any atom is 0.354 e. The number of hydrogen-bond donors (Lipinski definition) is 0. The Kier molecular flexibility index (Phi) is 10.2. The van der Waals surface area contributed by atoms with Gasteiger partial charge in [0.1, 0.15) is 22.7 Å². The molecule has 7 aromatic rings. The molecule has 0 saturated carbocycles. The van der Waals surface area contributed by atoms with Crippen LogP contribution in [0.1, 0.15) is 57.2 Å². The number of thioether (sulfide) groups is 1. The molecule has 9 rings (SSSR count). The summed E-state index contributed by atoms with van der Waals surface area (Å²) in [6.07, 6.45) is 4.95. The minimum atomic E-state index is -0.387. The van der Waals surface area contributed by atoms with Crippen molar-refractivity contribution < 1.29 is 19.0 Å². The van der Waals surface area contributed by atoms with E-state index in [0.29, 0.717) is 49.8 Å². The van der Waals surface area contributed by atoms with E-state index in [1.165, 1.54) is 7.11 Å². The lowest BCUT2D eigenvalue weighted by atomic mass is 9.96. The number of fused-ring (bicyclic) bond motifs is 10. The van der Waals surface area contributed by atoms with Crippen LogP contribution in [0.25, 0.3) is 32.9 Å². The molecule has 4 aromatic heterocycles. The number of methoxy groups -OCH3 is 2. The largest absolute Gasteiger partial charge is 0.497 e. The predicted octanol–water partition coefficient (Wildman–Crippen LogP) is 8.54. The Morgan fingerprint density at radius 1 is 0.965 bits per heavy atom. The van der Waals surface area contributed by atoms with E-state index in [2.05, 4.69) is 51.0 Å². The molecular formula is C44H44ClN7O4S. The van der Waals surface area contributed by atoms with Crippen molar-refractivity contribution in [1.82, 2.24) is 34.0 Å². The van der Waals surface area contributed by atoms with Gasteiger partial charge in [0, 0.05) is 90.4 Å². The van der Waals surface area contributed by atoms with Crippen LogP contribution in [-0.4, -0.2) is 60.8 Å². The summed E-state index contributed by atoms with van der Waals surface area (Å²) in [5.74, 6) is 1.91. The number of pyridine rings is 1. The van der Waals surface area contributed by atoms with E-state index in [1.54, 1.807) is 25.1 Å². The van der Waals surface area contributed by atoms with Crippen LogP contribution >= 0.6 is 23.4 Å². The van der Waals surface area contributed by atoms with Crippen LogP contribution in [0, 0.1) is 0 Å². The summed E-state index contributed by atoms with van der Waals surface area (Å²) in [7, 11) is 7.07. The smallest absolute Gasteiger partial charge is 0.354 e. The first-order valence-corrected chi connectivity index (χ1v) is 20.6. The monoisotopic (exact) mass is 801 g/mol. The third kappa shape index (κ3) is 7.04. The molecule has 0 spiro atoms. The number of carbonyl (C=O) groups is 1. The van der Waals surface area contributed by atoms with Crippen molar-refractivity contribution in [2.45, 2.75) is 62.5 Å². The van der Waals surface area contributed by atoms with Gasteiger partial charge in [-0.15, -0.1) is 11.8 Å². The highest BCUT2D eigenvalue weighted by molar-refractivity contribution is 7.98. The van der Waals surface area contributed by atoms with E-state index in [0.717, 1.165) is 108 Å². The summed E-state index contributed by atoms with van der Waals surface area (Å²) in [4.78, 5) is 21.8. The van der Waals surface area contributed by atoms with E-state index in [1.807, 2.05) is 53.7 Å². The van der Waals surface area contributed by atoms with E-state index in [-0.39, 0.29) is 5.97 Å². The predicted molar refractivity (Wildman–Crippen MR) is 223 cm³/mol. The second-order valence-corrected chi connectivity index (χ2v) is 16.2. The summed E-state index contributed by atoms with van der Waals surface area (Å²) in [5, 5.41) is 12.9. The van der Waals surface area contributed by atoms with E-state index < -0.39 is 0 Å². The standard InChI is InChI=1S/C44H44ClN7O4S/c1-49-42-34-15-16-35(45)39(42)40-36(48-52-18-6-10-37(40)52)25-51(23-27-11-13-31(54-3)14-12-27)24-29-21-30(50(2)47-29)26-57-32-20-28-8-5-17-46-41(28)38(22-32)56-19-7-9-33(34)43(49)44(53)55-4/h5,8,11-17,20-22H,6-7,9-10,18-19,23-26H2,1-4H3. The summed E-state index contributed by atoms with van der Waals surface area (Å²) >= 11 is 9.04. The molecule has 0 fully saturated rings. The number of benzene rings is 3. The number of rotatable bonds is 4. The van der Waals surface area contributed by atoms with Crippen molar-refractivity contribution in [2.75, 3.05) is 20.8 Å². The molecule has 0 aliphatic carbocycles. The van der Waals surface area contributed by atoms with Crippen molar-refractivity contribution in [3.8, 4) is 22.6 Å². The Morgan fingerprint density at radius 2 is 1.82 bits per heavy atom. The van der Waals surface area contributed by atoms with E-state index in [4.69, 9.17) is 36.0 Å². The molecular weight excluding hydrogens is 758 g/mol. The number of halogens is 1. The zero-order valence-corrected chi connectivity index (χ0v) is 34.1. The lowest BCUT2D eigenvalue weighted by molar-refractivity contribution is 0.0589. The van der Waals surface area contributed by atoms with E-state index >= 15 is 0 Å². The Hall–Kier alpha value is -5.30.